The van der Waals surface area contributed by atoms with Crippen molar-refractivity contribution in [1.29, 1.82) is 0 Å². The molecule has 0 aliphatic carbocycles. The first-order chi connectivity index (χ1) is 14.5. The van der Waals surface area contributed by atoms with Gasteiger partial charge in [-0.1, -0.05) is 12.8 Å². The van der Waals surface area contributed by atoms with E-state index < -0.39 is 0 Å². The molecule has 0 aromatic rings. The molecule has 0 N–H and O–H groups in total. The Hall–Kier alpha value is -1.14. The van der Waals surface area contributed by atoms with Crippen molar-refractivity contribution in [3.63, 3.8) is 0 Å². The lowest BCUT2D eigenvalue weighted by Gasteiger charge is -2.28. The molecule has 6 heteroatoms. The molecule has 0 aromatic carbocycles. The Morgan fingerprint density at radius 2 is 1.17 bits per heavy atom. The van der Waals surface area contributed by atoms with Crippen LogP contribution in [0.2, 0.25) is 0 Å². The summed E-state index contributed by atoms with van der Waals surface area (Å²) in [7, 11) is 3.92. The van der Waals surface area contributed by atoms with Crippen molar-refractivity contribution in [2.45, 2.75) is 76.3 Å². The van der Waals surface area contributed by atoms with Crippen molar-refractivity contribution < 1.29 is 9.59 Å². The third-order valence-electron chi connectivity index (χ3n) is 8.21. The number of hydrogen-bond acceptors (Lipinski definition) is 4. The van der Waals surface area contributed by atoms with E-state index in [2.05, 4.69) is 9.80 Å². The van der Waals surface area contributed by atoms with Crippen molar-refractivity contribution >= 4 is 11.8 Å². The van der Waals surface area contributed by atoms with Gasteiger partial charge in [-0.25, -0.2) is 0 Å². The van der Waals surface area contributed by atoms with Gasteiger partial charge in [0.05, 0.1) is 11.8 Å². The van der Waals surface area contributed by atoms with E-state index >= 15 is 0 Å². The lowest BCUT2D eigenvalue weighted by atomic mass is 9.99. The number of amides is 2. The topological polar surface area (TPSA) is 47.1 Å². The normalized spacial score (nSPS) is 31.9. The number of unbranched alkanes of at least 4 members (excludes halogenated alkanes) is 1. The first-order valence-corrected chi connectivity index (χ1v) is 12.5. The smallest absolute Gasteiger partial charge is 0.226 e. The predicted molar refractivity (Wildman–Crippen MR) is 119 cm³/mol. The van der Waals surface area contributed by atoms with Gasteiger partial charge in [0.15, 0.2) is 0 Å². The molecule has 0 radical (unpaired) electrons. The Morgan fingerprint density at radius 3 is 1.57 bits per heavy atom. The number of piperidine rings is 2. The van der Waals surface area contributed by atoms with Crippen molar-refractivity contribution in [1.82, 2.24) is 19.6 Å². The Kier molecular flexibility index (Phi) is 7.35. The molecule has 0 aromatic heterocycles. The predicted octanol–water partition coefficient (Wildman–Crippen LogP) is 2.43. The van der Waals surface area contributed by atoms with E-state index in [9.17, 15) is 9.59 Å². The maximum atomic E-state index is 12.9. The third kappa shape index (κ3) is 5.01. The van der Waals surface area contributed by atoms with Gasteiger partial charge in [0.2, 0.25) is 11.8 Å². The highest BCUT2D eigenvalue weighted by atomic mass is 16.2. The molecule has 4 aliphatic heterocycles. The summed E-state index contributed by atoms with van der Waals surface area (Å²) in [5.74, 6) is 1.05. The van der Waals surface area contributed by atoms with E-state index in [4.69, 9.17) is 0 Å². The molecular formula is C24H42N4O2. The summed E-state index contributed by atoms with van der Waals surface area (Å²) in [5, 5.41) is 0. The van der Waals surface area contributed by atoms with Crippen molar-refractivity contribution in [2.75, 3.05) is 53.4 Å². The van der Waals surface area contributed by atoms with Gasteiger partial charge < -0.3 is 9.80 Å². The summed E-state index contributed by atoms with van der Waals surface area (Å²) >= 11 is 0. The van der Waals surface area contributed by atoms with E-state index in [-0.39, 0.29) is 11.8 Å². The van der Waals surface area contributed by atoms with Crippen LogP contribution in [0.25, 0.3) is 0 Å². The Bertz CT molecular complexity index is 532. The minimum atomic E-state index is 0.197. The van der Waals surface area contributed by atoms with Crippen LogP contribution >= 0.6 is 0 Å². The van der Waals surface area contributed by atoms with Gasteiger partial charge in [-0.3, -0.25) is 19.4 Å². The van der Waals surface area contributed by atoms with Crippen LogP contribution in [0, 0.1) is 11.8 Å². The molecule has 170 valence electrons. The molecule has 0 bridgehead atoms. The number of carbonyl (C=O) groups excluding carboxylic acids is 2. The van der Waals surface area contributed by atoms with Crippen molar-refractivity contribution in [2.24, 2.45) is 11.8 Å². The van der Waals surface area contributed by atoms with Crippen LogP contribution in [0.15, 0.2) is 0 Å². The van der Waals surface area contributed by atoms with Crippen LogP contribution in [0.4, 0.5) is 0 Å². The molecule has 30 heavy (non-hydrogen) atoms. The van der Waals surface area contributed by atoms with Crippen LogP contribution in [0.5, 0.6) is 0 Å². The minimum absolute atomic E-state index is 0.197. The van der Waals surface area contributed by atoms with Gasteiger partial charge in [0.1, 0.15) is 0 Å². The van der Waals surface area contributed by atoms with Gasteiger partial charge in [0, 0.05) is 52.4 Å². The second kappa shape index (κ2) is 9.99. The number of nitrogens with zero attached hydrogens (tertiary/aromatic N) is 4. The highest BCUT2D eigenvalue weighted by Gasteiger charge is 2.39. The first-order valence-electron chi connectivity index (χ1n) is 12.5. The lowest BCUT2D eigenvalue weighted by Crippen LogP contribution is -2.37. The molecule has 4 heterocycles. The van der Waals surface area contributed by atoms with Gasteiger partial charge in [-0.15, -0.1) is 0 Å². The third-order valence-corrected chi connectivity index (χ3v) is 8.21. The quantitative estimate of drug-likeness (QED) is 0.596. The molecule has 0 spiro atoms. The molecular weight excluding hydrogens is 376 g/mol. The monoisotopic (exact) mass is 418 g/mol. The highest BCUT2D eigenvalue weighted by Crippen LogP contribution is 2.32. The zero-order valence-electron chi connectivity index (χ0n) is 19.2. The zero-order valence-corrected chi connectivity index (χ0v) is 19.2. The van der Waals surface area contributed by atoms with Crippen LogP contribution in [0.1, 0.15) is 64.2 Å². The van der Waals surface area contributed by atoms with Gasteiger partial charge in [-0.2, -0.15) is 0 Å². The van der Waals surface area contributed by atoms with Gasteiger partial charge in [0.25, 0.3) is 0 Å². The fourth-order valence-corrected chi connectivity index (χ4v) is 6.41. The van der Waals surface area contributed by atoms with E-state index in [0.717, 1.165) is 51.9 Å². The minimum Gasteiger partial charge on any atom is -0.345 e. The fraction of sp³-hybridized carbons (Fsp3) is 0.917. The first kappa shape index (κ1) is 22.1. The van der Waals surface area contributed by atoms with Crippen molar-refractivity contribution in [3.05, 3.63) is 0 Å². The summed E-state index contributed by atoms with van der Waals surface area (Å²) in [6.45, 7) is 5.90. The lowest BCUT2D eigenvalue weighted by molar-refractivity contribution is -0.135. The van der Waals surface area contributed by atoms with E-state index in [0.29, 0.717) is 23.9 Å². The second-order valence-corrected chi connectivity index (χ2v) is 10.4. The molecule has 6 nitrogen and oxygen atoms in total. The van der Waals surface area contributed by atoms with Crippen LogP contribution in [-0.4, -0.2) is 96.9 Å². The summed E-state index contributed by atoms with van der Waals surface area (Å²) in [6, 6.07) is 1.30. The fourth-order valence-electron chi connectivity index (χ4n) is 6.41. The Morgan fingerprint density at radius 1 is 0.733 bits per heavy atom. The van der Waals surface area contributed by atoms with Gasteiger partial charge in [-0.05, 0) is 64.5 Å². The molecule has 4 fully saturated rings. The summed E-state index contributed by atoms with van der Waals surface area (Å²) in [4.78, 5) is 34.7. The Balaban J connectivity index is 1.13. The molecule has 2 amide bonds. The van der Waals surface area contributed by atoms with E-state index in [1.54, 1.807) is 0 Å². The summed E-state index contributed by atoms with van der Waals surface area (Å²) in [5.41, 5.74) is 0. The maximum Gasteiger partial charge on any atom is 0.226 e. The molecule has 4 aliphatic rings. The van der Waals surface area contributed by atoms with Crippen LogP contribution < -0.4 is 0 Å². The second-order valence-electron chi connectivity index (χ2n) is 10.4. The van der Waals surface area contributed by atoms with Crippen LogP contribution in [-0.2, 0) is 9.59 Å². The largest absolute Gasteiger partial charge is 0.345 e. The number of carbonyl (C=O) groups is 2. The standard InChI is InChI=1S/C24H42N4O2/c1-25(23(29)19-15-21-9-3-5-13-27(21)17-19)11-7-8-12-26(2)24(30)20-16-22-10-4-6-14-28(22)18-20/h19-22H,3-18H2,1-2H3. The maximum absolute atomic E-state index is 12.9. The van der Waals surface area contributed by atoms with Crippen molar-refractivity contribution in [3.8, 4) is 0 Å². The van der Waals surface area contributed by atoms with Crippen LogP contribution in [0.3, 0.4) is 0 Å². The van der Waals surface area contributed by atoms with E-state index in [1.807, 2.05) is 23.9 Å². The SMILES string of the molecule is CN(CCCCN(C)C(=O)C1CC2CCCCN2C1)C(=O)C1CC2CCCCN2C1. The summed E-state index contributed by atoms with van der Waals surface area (Å²) in [6.07, 6.45) is 11.8. The van der Waals surface area contributed by atoms with E-state index in [1.165, 1.54) is 51.6 Å². The summed E-state index contributed by atoms with van der Waals surface area (Å²) < 4.78 is 0. The number of fused-ring (bicyclic) bond motifs is 2. The average Bonchev–Trinajstić information content (AvgIpc) is 3.39. The van der Waals surface area contributed by atoms with Gasteiger partial charge >= 0.3 is 0 Å². The molecule has 4 rings (SSSR count). The molecule has 4 unspecified atom stereocenters. The zero-order chi connectivity index (χ0) is 21.1. The number of rotatable bonds is 7. The average molecular weight is 419 g/mol. The highest BCUT2D eigenvalue weighted by molar-refractivity contribution is 5.79. The molecule has 0 saturated carbocycles. The Labute approximate surface area is 182 Å². The molecule has 4 atom stereocenters. The number of hydrogen-bond donors (Lipinski definition) is 0. The molecule has 4 saturated heterocycles.